The highest BCUT2D eigenvalue weighted by Gasteiger charge is 2.27. The van der Waals surface area contributed by atoms with Crippen molar-refractivity contribution in [2.75, 3.05) is 40.4 Å². The zero-order valence-electron chi connectivity index (χ0n) is 12.6. The van der Waals surface area contributed by atoms with E-state index in [0.717, 1.165) is 25.9 Å². The maximum atomic E-state index is 13.3. The normalized spacial score (nSPS) is 26.0. The first-order chi connectivity index (χ1) is 10.1. The highest BCUT2D eigenvalue weighted by atomic mass is 19.1. The second-order valence-electron chi connectivity index (χ2n) is 5.91. The van der Waals surface area contributed by atoms with Crippen LogP contribution in [0, 0.1) is 5.95 Å². The standard InChI is InChI=1S/C15H22FN3O2/c1-18-7-5-11(18)9-20-13-3-4-14(16)17-15(13)21-10-12-6-8-19(12)2/h3-4,11-12H,5-10H2,1-2H3/t11-,12-/m0/s1. The van der Waals surface area contributed by atoms with E-state index >= 15 is 0 Å². The summed E-state index contributed by atoms with van der Waals surface area (Å²) < 4.78 is 24.8. The van der Waals surface area contributed by atoms with Gasteiger partial charge in [0.05, 0.1) is 0 Å². The number of hydrogen-bond acceptors (Lipinski definition) is 5. The lowest BCUT2D eigenvalue weighted by Gasteiger charge is -2.38. The average Bonchev–Trinajstić information content (AvgIpc) is 2.46. The molecule has 0 saturated carbocycles. The van der Waals surface area contributed by atoms with Gasteiger partial charge in [0.1, 0.15) is 13.2 Å². The molecule has 0 aromatic carbocycles. The molecule has 0 unspecified atom stereocenters. The monoisotopic (exact) mass is 295 g/mol. The van der Waals surface area contributed by atoms with Gasteiger partial charge in [-0.2, -0.15) is 9.37 Å². The van der Waals surface area contributed by atoms with Gasteiger partial charge in [-0.3, -0.25) is 9.80 Å². The molecule has 2 aliphatic rings. The fourth-order valence-corrected chi connectivity index (χ4v) is 2.54. The van der Waals surface area contributed by atoms with E-state index in [0.29, 0.717) is 31.0 Å². The van der Waals surface area contributed by atoms with Crippen molar-refractivity contribution >= 4 is 0 Å². The number of halogens is 1. The van der Waals surface area contributed by atoms with Gasteiger partial charge in [-0.05, 0) is 52.2 Å². The number of likely N-dealkylation sites (N-methyl/N-ethyl adjacent to an activating group) is 2. The quantitative estimate of drug-likeness (QED) is 0.741. The fraction of sp³-hybridized carbons (Fsp3) is 0.667. The molecule has 2 saturated heterocycles. The van der Waals surface area contributed by atoms with E-state index < -0.39 is 5.95 Å². The van der Waals surface area contributed by atoms with Crippen molar-refractivity contribution in [1.29, 1.82) is 0 Å². The molecule has 5 nitrogen and oxygen atoms in total. The first-order valence-electron chi connectivity index (χ1n) is 7.46. The highest BCUT2D eigenvalue weighted by molar-refractivity contribution is 5.33. The molecule has 2 fully saturated rings. The van der Waals surface area contributed by atoms with Crippen molar-refractivity contribution < 1.29 is 13.9 Å². The second-order valence-corrected chi connectivity index (χ2v) is 5.91. The largest absolute Gasteiger partial charge is 0.486 e. The van der Waals surface area contributed by atoms with E-state index in [2.05, 4.69) is 28.9 Å². The molecule has 0 bridgehead atoms. The molecular formula is C15H22FN3O2. The smallest absolute Gasteiger partial charge is 0.259 e. The van der Waals surface area contributed by atoms with Crippen LogP contribution >= 0.6 is 0 Å². The minimum atomic E-state index is -0.542. The summed E-state index contributed by atoms with van der Waals surface area (Å²) >= 11 is 0. The Morgan fingerprint density at radius 2 is 1.71 bits per heavy atom. The van der Waals surface area contributed by atoms with Crippen LogP contribution in [0.5, 0.6) is 11.6 Å². The summed E-state index contributed by atoms with van der Waals surface area (Å²) in [7, 11) is 4.13. The number of ether oxygens (including phenoxy) is 2. The molecule has 3 heterocycles. The number of hydrogen-bond donors (Lipinski definition) is 0. The third-order valence-electron chi connectivity index (χ3n) is 4.51. The molecule has 1 aromatic heterocycles. The zero-order valence-corrected chi connectivity index (χ0v) is 12.6. The lowest BCUT2D eigenvalue weighted by molar-refractivity contribution is 0.0642. The van der Waals surface area contributed by atoms with E-state index in [1.165, 1.54) is 6.07 Å². The maximum absolute atomic E-state index is 13.3. The van der Waals surface area contributed by atoms with Crippen LogP contribution in [0.1, 0.15) is 12.8 Å². The van der Waals surface area contributed by atoms with Crippen LogP contribution in [0.2, 0.25) is 0 Å². The fourth-order valence-electron chi connectivity index (χ4n) is 2.54. The Morgan fingerprint density at radius 3 is 2.24 bits per heavy atom. The number of likely N-dealkylation sites (tertiary alicyclic amines) is 2. The summed E-state index contributed by atoms with van der Waals surface area (Å²) in [5.74, 6) is 0.246. The lowest BCUT2D eigenvalue weighted by atomic mass is 10.1. The Bertz CT molecular complexity index is 500. The molecule has 1 aromatic rings. The zero-order chi connectivity index (χ0) is 14.8. The second kappa shape index (κ2) is 6.15. The molecule has 3 rings (SSSR count). The van der Waals surface area contributed by atoms with Crippen molar-refractivity contribution in [2.45, 2.75) is 24.9 Å². The summed E-state index contributed by atoms with van der Waals surface area (Å²) in [4.78, 5) is 8.27. The Labute approximate surface area is 124 Å². The van der Waals surface area contributed by atoms with Crippen molar-refractivity contribution in [3.63, 3.8) is 0 Å². The van der Waals surface area contributed by atoms with Crippen LogP contribution in [-0.4, -0.2) is 67.3 Å². The number of aromatic nitrogens is 1. The highest BCUT2D eigenvalue weighted by Crippen LogP contribution is 2.27. The van der Waals surface area contributed by atoms with Gasteiger partial charge >= 0.3 is 0 Å². The van der Waals surface area contributed by atoms with Gasteiger partial charge in [0.25, 0.3) is 5.88 Å². The van der Waals surface area contributed by atoms with Gasteiger partial charge in [0, 0.05) is 12.1 Å². The lowest BCUT2D eigenvalue weighted by Crippen LogP contribution is -2.48. The molecular weight excluding hydrogens is 273 g/mol. The van der Waals surface area contributed by atoms with E-state index in [-0.39, 0.29) is 5.88 Å². The predicted octanol–water partition coefficient (Wildman–Crippen LogP) is 1.39. The number of pyridine rings is 1. The summed E-state index contributed by atoms with van der Waals surface area (Å²) in [5, 5.41) is 0. The van der Waals surface area contributed by atoms with E-state index in [4.69, 9.17) is 9.47 Å². The van der Waals surface area contributed by atoms with Crippen LogP contribution < -0.4 is 9.47 Å². The molecule has 0 aliphatic carbocycles. The van der Waals surface area contributed by atoms with Crippen LogP contribution in [0.3, 0.4) is 0 Å². The molecule has 2 aliphatic heterocycles. The summed E-state index contributed by atoms with van der Waals surface area (Å²) in [5.41, 5.74) is 0. The first-order valence-corrected chi connectivity index (χ1v) is 7.46. The molecule has 0 amide bonds. The molecule has 6 heteroatoms. The molecule has 0 radical (unpaired) electrons. The van der Waals surface area contributed by atoms with Gasteiger partial charge in [-0.1, -0.05) is 0 Å². The minimum absolute atomic E-state index is 0.261. The van der Waals surface area contributed by atoms with Gasteiger partial charge in [-0.25, -0.2) is 0 Å². The molecule has 0 N–H and O–H groups in total. The van der Waals surface area contributed by atoms with Gasteiger partial charge in [0.2, 0.25) is 5.95 Å². The maximum Gasteiger partial charge on any atom is 0.259 e. The Morgan fingerprint density at radius 1 is 1.10 bits per heavy atom. The molecule has 21 heavy (non-hydrogen) atoms. The third-order valence-corrected chi connectivity index (χ3v) is 4.51. The van der Waals surface area contributed by atoms with Crippen molar-refractivity contribution in [2.24, 2.45) is 0 Å². The van der Waals surface area contributed by atoms with Crippen LogP contribution in [0.4, 0.5) is 4.39 Å². The number of nitrogens with zero attached hydrogens (tertiary/aromatic N) is 3. The summed E-state index contributed by atoms with van der Waals surface area (Å²) in [6, 6.07) is 3.73. The van der Waals surface area contributed by atoms with Gasteiger partial charge in [0.15, 0.2) is 5.75 Å². The van der Waals surface area contributed by atoms with Crippen LogP contribution in [0.15, 0.2) is 12.1 Å². The minimum Gasteiger partial charge on any atom is -0.486 e. The predicted molar refractivity (Wildman–Crippen MR) is 77.3 cm³/mol. The van der Waals surface area contributed by atoms with Crippen molar-refractivity contribution in [3.05, 3.63) is 18.1 Å². The molecule has 0 spiro atoms. The summed E-state index contributed by atoms with van der Waals surface area (Å²) in [6.07, 6.45) is 2.24. The molecule has 116 valence electrons. The first kappa shape index (κ1) is 14.5. The number of rotatable bonds is 6. The van der Waals surface area contributed by atoms with E-state index in [9.17, 15) is 4.39 Å². The Kier molecular flexibility index (Phi) is 4.26. The van der Waals surface area contributed by atoms with E-state index in [1.54, 1.807) is 6.07 Å². The van der Waals surface area contributed by atoms with Crippen LogP contribution in [0.25, 0.3) is 0 Å². The Hall–Kier alpha value is -1.40. The van der Waals surface area contributed by atoms with Crippen molar-refractivity contribution in [3.8, 4) is 11.6 Å². The average molecular weight is 295 g/mol. The van der Waals surface area contributed by atoms with Gasteiger partial charge < -0.3 is 9.47 Å². The summed E-state index contributed by atoms with van der Waals surface area (Å²) in [6.45, 7) is 3.30. The topological polar surface area (TPSA) is 37.8 Å². The molecule has 2 atom stereocenters. The van der Waals surface area contributed by atoms with E-state index in [1.807, 2.05) is 0 Å². The Balaban J connectivity index is 1.59. The van der Waals surface area contributed by atoms with Crippen LogP contribution in [-0.2, 0) is 0 Å². The van der Waals surface area contributed by atoms with Crippen molar-refractivity contribution in [1.82, 2.24) is 14.8 Å². The SMILES string of the molecule is CN1CC[C@H]1COc1ccc(F)nc1OC[C@@H]1CCN1C. The third kappa shape index (κ3) is 3.27. The van der Waals surface area contributed by atoms with Gasteiger partial charge in [-0.15, -0.1) is 0 Å².